The molecule has 90 valence electrons. The number of benzene rings is 1. The maximum atomic E-state index is 4.21. The SMILES string of the molecule is CCCCCn1cc(-c2ccc(C)cc2)nn1. The molecule has 1 aromatic carbocycles. The number of aryl methyl sites for hydroxylation is 2. The number of hydrogen-bond acceptors (Lipinski definition) is 2. The quantitative estimate of drug-likeness (QED) is 0.735. The normalized spacial score (nSPS) is 10.7. The molecule has 0 spiro atoms. The monoisotopic (exact) mass is 229 g/mol. The molecule has 2 aromatic rings. The summed E-state index contributed by atoms with van der Waals surface area (Å²) >= 11 is 0. The third kappa shape index (κ3) is 3.16. The Hall–Kier alpha value is -1.64. The first-order chi connectivity index (χ1) is 8.29. The molecule has 3 heteroatoms. The van der Waals surface area contributed by atoms with Gasteiger partial charge in [0.25, 0.3) is 0 Å². The van der Waals surface area contributed by atoms with Gasteiger partial charge in [-0.3, -0.25) is 4.68 Å². The van der Waals surface area contributed by atoms with E-state index in [1.54, 1.807) is 0 Å². The van der Waals surface area contributed by atoms with Gasteiger partial charge in [-0.05, 0) is 13.3 Å². The van der Waals surface area contributed by atoms with Crippen molar-refractivity contribution in [1.29, 1.82) is 0 Å². The molecular formula is C14H19N3. The van der Waals surface area contributed by atoms with Crippen LogP contribution in [0.2, 0.25) is 0 Å². The van der Waals surface area contributed by atoms with Crippen LogP contribution in [0.3, 0.4) is 0 Å². The molecule has 0 aliphatic heterocycles. The highest BCUT2D eigenvalue weighted by atomic mass is 15.4. The van der Waals surface area contributed by atoms with Gasteiger partial charge in [-0.15, -0.1) is 5.10 Å². The number of nitrogens with zero attached hydrogens (tertiary/aromatic N) is 3. The second-order valence-corrected chi connectivity index (χ2v) is 4.44. The molecule has 0 bridgehead atoms. The van der Waals surface area contributed by atoms with Crippen molar-refractivity contribution in [3.05, 3.63) is 36.0 Å². The van der Waals surface area contributed by atoms with E-state index in [0.717, 1.165) is 17.8 Å². The van der Waals surface area contributed by atoms with E-state index in [1.165, 1.54) is 24.8 Å². The van der Waals surface area contributed by atoms with Gasteiger partial charge in [0, 0.05) is 12.1 Å². The lowest BCUT2D eigenvalue weighted by molar-refractivity contribution is 0.537. The summed E-state index contributed by atoms with van der Waals surface area (Å²) in [7, 11) is 0. The lowest BCUT2D eigenvalue weighted by Crippen LogP contribution is -1.98. The van der Waals surface area contributed by atoms with E-state index in [1.807, 2.05) is 10.9 Å². The molecule has 0 atom stereocenters. The Morgan fingerprint density at radius 1 is 1.12 bits per heavy atom. The number of hydrogen-bond donors (Lipinski definition) is 0. The summed E-state index contributed by atoms with van der Waals surface area (Å²) in [5, 5.41) is 8.36. The highest BCUT2D eigenvalue weighted by Crippen LogP contribution is 2.16. The van der Waals surface area contributed by atoms with Gasteiger partial charge in [-0.2, -0.15) is 0 Å². The first-order valence-corrected chi connectivity index (χ1v) is 6.27. The predicted octanol–water partition coefficient (Wildman–Crippen LogP) is 3.44. The van der Waals surface area contributed by atoms with Gasteiger partial charge in [0.15, 0.2) is 0 Å². The Morgan fingerprint density at radius 2 is 1.88 bits per heavy atom. The van der Waals surface area contributed by atoms with E-state index in [2.05, 4.69) is 48.4 Å². The summed E-state index contributed by atoms with van der Waals surface area (Å²) in [5.74, 6) is 0. The average molecular weight is 229 g/mol. The van der Waals surface area contributed by atoms with Crippen molar-refractivity contribution in [3.8, 4) is 11.3 Å². The Bertz CT molecular complexity index is 457. The highest BCUT2D eigenvalue weighted by molar-refractivity contribution is 5.57. The van der Waals surface area contributed by atoms with Crippen LogP contribution < -0.4 is 0 Å². The molecular weight excluding hydrogens is 210 g/mol. The summed E-state index contributed by atoms with van der Waals surface area (Å²) in [4.78, 5) is 0. The molecule has 0 aliphatic carbocycles. The van der Waals surface area contributed by atoms with Gasteiger partial charge in [-0.25, -0.2) is 0 Å². The second kappa shape index (κ2) is 5.62. The van der Waals surface area contributed by atoms with Gasteiger partial charge in [0.2, 0.25) is 0 Å². The van der Waals surface area contributed by atoms with E-state index in [9.17, 15) is 0 Å². The summed E-state index contributed by atoms with van der Waals surface area (Å²) < 4.78 is 1.94. The van der Waals surface area contributed by atoms with Crippen molar-refractivity contribution in [3.63, 3.8) is 0 Å². The van der Waals surface area contributed by atoms with Crippen molar-refractivity contribution < 1.29 is 0 Å². The molecule has 1 aromatic heterocycles. The molecule has 0 saturated carbocycles. The molecule has 0 fully saturated rings. The maximum absolute atomic E-state index is 4.21. The largest absolute Gasteiger partial charge is 0.252 e. The third-order valence-electron chi connectivity index (χ3n) is 2.88. The first kappa shape index (κ1) is 11.8. The molecule has 0 amide bonds. The molecule has 0 N–H and O–H groups in total. The lowest BCUT2D eigenvalue weighted by atomic mass is 10.1. The van der Waals surface area contributed by atoms with Crippen LogP contribution in [0, 0.1) is 6.92 Å². The minimum Gasteiger partial charge on any atom is -0.252 e. The van der Waals surface area contributed by atoms with E-state index in [-0.39, 0.29) is 0 Å². The zero-order chi connectivity index (χ0) is 12.1. The molecule has 0 unspecified atom stereocenters. The molecule has 0 radical (unpaired) electrons. The highest BCUT2D eigenvalue weighted by Gasteiger charge is 2.02. The Labute approximate surface area is 102 Å². The zero-order valence-corrected chi connectivity index (χ0v) is 10.6. The fourth-order valence-electron chi connectivity index (χ4n) is 1.79. The van der Waals surface area contributed by atoms with Gasteiger partial charge in [0.1, 0.15) is 5.69 Å². The van der Waals surface area contributed by atoms with Crippen molar-refractivity contribution in [1.82, 2.24) is 15.0 Å². The van der Waals surface area contributed by atoms with Crippen LogP contribution in [0.1, 0.15) is 31.7 Å². The van der Waals surface area contributed by atoms with Crippen molar-refractivity contribution in [2.24, 2.45) is 0 Å². The molecule has 17 heavy (non-hydrogen) atoms. The minimum atomic E-state index is 0.960. The van der Waals surface area contributed by atoms with Crippen molar-refractivity contribution >= 4 is 0 Å². The Morgan fingerprint density at radius 3 is 2.59 bits per heavy atom. The second-order valence-electron chi connectivity index (χ2n) is 4.44. The Balaban J connectivity index is 2.04. The van der Waals surface area contributed by atoms with Crippen LogP contribution in [0.25, 0.3) is 11.3 Å². The van der Waals surface area contributed by atoms with Crippen LogP contribution in [-0.4, -0.2) is 15.0 Å². The van der Waals surface area contributed by atoms with Gasteiger partial charge in [-0.1, -0.05) is 54.8 Å². The van der Waals surface area contributed by atoms with E-state index in [0.29, 0.717) is 0 Å². The first-order valence-electron chi connectivity index (χ1n) is 6.27. The number of aromatic nitrogens is 3. The third-order valence-corrected chi connectivity index (χ3v) is 2.88. The fourth-order valence-corrected chi connectivity index (χ4v) is 1.79. The van der Waals surface area contributed by atoms with Gasteiger partial charge in [0.05, 0.1) is 6.20 Å². The van der Waals surface area contributed by atoms with Crippen LogP contribution >= 0.6 is 0 Å². The topological polar surface area (TPSA) is 30.7 Å². The molecule has 0 saturated heterocycles. The van der Waals surface area contributed by atoms with Crippen molar-refractivity contribution in [2.45, 2.75) is 39.7 Å². The standard InChI is InChI=1S/C14H19N3/c1-3-4-5-10-17-11-14(15-16-17)13-8-6-12(2)7-9-13/h6-9,11H,3-5,10H2,1-2H3. The molecule has 1 heterocycles. The Kier molecular flexibility index (Phi) is 3.91. The van der Waals surface area contributed by atoms with Crippen LogP contribution in [0.15, 0.2) is 30.5 Å². The smallest absolute Gasteiger partial charge is 0.113 e. The fraction of sp³-hybridized carbons (Fsp3) is 0.429. The lowest BCUT2D eigenvalue weighted by Gasteiger charge is -1.98. The van der Waals surface area contributed by atoms with Gasteiger partial charge < -0.3 is 0 Å². The van der Waals surface area contributed by atoms with E-state index in [4.69, 9.17) is 0 Å². The van der Waals surface area contributed by atoms with E-state index >= 15 is 0 Å². The number of unbranched alkanes of at least 4 members (excludes halogenated alkanes) is 2. The summed E-state index contributed by atoms with van der Waals surface area (Å²) in [5.41, 5.74) is 3.36. The summed E-state index contributed by atoms with van der Waals surface area (Å²) in [6, 6.07) is 8.39. The van der Waals surface area contributed by atoms with Crippen LogP contribution in [0.4, 0.5) is 0 Å². The number of rotatable bonds is 5. The van der Waals surface area contributed by atoms with E-state index < -0.39 is 0 Å². The summed E-state index contributed by atoms with van der Waals surface area (Å²) in [6.45, 7) is 5.26. The molecule has 0 aliphatic rings. The zero-order valence-electron chi connectivity index (χ0n) is 10.6. The maximum Gasteiger partial charge on any atom is 0.113 e. The summed E-state index contributed by atoms with van der Waals surface area (Å²) in [6.07, 6.45) is 5.69. The predicted molar refractivity (Wildman–Crippen MR) is 69.7 cm³/mol. The van der Waals surface area contributed by atoms with Crippen LogP contribution in [-0.2, 0) is 6.54 Å². The minimum absolute atomic E-state index is 0.960. The molecule has 3 nitrogen and oxygen atoms in total. The van der Waals surface area contributed by atoms with Crippen LogP contribution in [0.5, 0.6) is 0 Å². The molecule has 2 rings (SSSR count). The van der Waals surface area contributed by atoms with Gasteiger partial charge >= 0.3 is 0 Å². The average Bonchev–Trinajstić information content (AvgIpc) is 2.79. The van der Waals surface area contributed by atoms with Crippen molar-refractivity contribution in [2.75, 3.05) is 0 Å².